The maximum atomic E-state index is 6.15. The lowest BCUT2D eigenvalue weighted by Crippen LogP contribution is -2.11. The number of nitrogens with two attached hydrogens (primary N) is 1. The number of hydrogen-bond acceptors (Lipinski definition) is 7. The Labute approximate surface area is 152 Å². The molecule has 0 bridgehead atoms. The van der Waals surface area contributed by atoms with E-state index in [9.17, 15) is 0 Å². The molecule has 6 nitrogen and oxygen atoms in total. The summed E-state index contributed by atoms with van der Waals surface area (Å²) in [7, 11) is 0. The summed E-state index contributed by atoms with van der Waals surface area (Å²) in [5, 5.41) is 15.1. The average Bonchev–Trinajstić information content (AvgIpc) is 3.35. The summed E-state index contributed by atoms with van der Waals surface area (Å²) in [5.74, 6) is 8.18. The van der Waals surface area contributed by atoms with Crippen molar-refractivity contribution < 1.29 is 4.52 Å². The largest absolute Gasteiger partial charge is 0.355 e. The van der Waals surface area contributed by atoms with Gasteiger partial charge in [0.05, 0.1) is 10.6 Å². The molecule has 1 aromatic carbocycles. The summed E-state index contributed by atoms with van der Waals surface area (Å²) in [5.41, 5.74) is 2.97. The predicted octanol–water partition coefficient (Wildman–Crippen LogP) is 3.98. The Balaban J connectivity index is 1.48. The second-order valence-corrected chi connectivity index (χ2v) is 7.38. The first-order valence-electron chi connectivity index (χ1n) is 7.60. The molecule has 3 heterocycles. The smallest absolute Gasteiger partial charge is 0.210 e. The first kappa shape index (κ1) is 15.9. The van der Waals surface area contributed by atoms with E-state index < -0.39 is 0 Å². The minimum absolute atomic E-state index is 0.609. The minimum atomic E-state index is 0.609. The molecule has 0 fully saturated rings. The molecule has 0 saturated heterocycles. The molecule has 8 heteroatoms. The molecule has 0 saturated carbocycles. The zero-order valence-corrected chi connectivity index (χ0v) is 15.0. The van der Waals surface area contributed by atoms with Crippen LogP contribution in [-0.4, -0.2) is 20.0 Å². The van der Waals surface area contributed by atoms with Gasteiger partial charge in [0, 0.05) is 17.4 Å². The third kappa shape index (κ3) is 3.31. The highest BCUT2D eigenvalue weighted by molar-refractivity contribution is 7.98. The van der Waals surface area contributed by atoms with Crippen molar-refractivity contribution in [1.29, 1.82) is 0 Å². The van der Waals surface area contributed by atoms with Crippen LogP contribution in [0.15, 0.2) is 57.5 Å². The van der Waals surface area contributed by atoms with Crippen LogP contribution >= 0.6 is 23.1 Å². The normalized spacial score (nSPS) is 11.1. The average molecular weight is 369 g/mol. The van der Waals surface area contributed by atoms with Crippen LogP contribution in [0.2, 0.25) is 0 Å². The van der Waals surface area contributed by atoms with Crippen molar-refractivity contribution in [2.45, 2.75) is 17.8 Å². The molecule has 2 N–H and O–H groups in total. The summed E-state index contributed by atoms with van der Waals surface area (Å²) in [6.45, 7) is 2.04. The first-order valence-corrected chi connectivity index (χ1v) is 9.47. The molecule has 0 atom stereocenters. The fourth-order valence-corrected chi connectivity index (χ4v) is 3.74. The van der Waals surface area contributed by atoms with E-state index in [4.69, 9.17) is 10.4 Å². The third-order valence-electron chi connectivity index (χ3n) is 3.65. The van der Waals surface area contributed by atoms with Crippen molar-refractivity contribution in [3.63, 3.8) is 0 Å². The molecule has 0 amide bonds. The van der Waals surface area contributed by atoms with Crippen molar-refractivity contribution in [1.82, 2.24) is 20.0 Å². The number of aromatic nitrogens is 4. The van der Waals surface area contributed by atoms with Gasteiger partial charge in [0.25, 0.3) is 0 Å². The number of benzene rings is 1. The molecule has 0 aliphatic heterocycles. The monoisotopic (exact) mass is 369 g/mol. The Kier molecular flexibility index (Phi) is 4.29. The molecule has 0 aliphatic rings. The van der Waals surface area contributed by atoms with E-state index in [0.717, 1.165) is 21.9 Å². The van der Waals surface area contributed by atoms with E-state index in [-0.39, 0.29) is 0 Å². The number of nitrogens with zero attached hydrogens (tertiary/aromatic N) is 4. The Hall–Kier alpha value is -2.58. The molecule has 4 rings (SSSR count). The van der Waals surface area contributed by atoms with Gasteiger partial charge < -0.3 is 10.4 Å². The van der Waals surface area contributed by atoms with Crippen LogP contribution in [-0.2, 0) is 5.75 Å². The molecular weight excluding hydrogens is 354 g/mol. The van der Waals surface area contributed by atoms with Crippen molar-refractivity contribution in [2.24, 2.45) is 0 Å². The molecule has 0 aliphatic carbocycles. The molecule has 4 aromatic rings. The van der Waals surface area contributed by atoms with Gasteiger partial charge in [0.2, 0.25) is 5.16 Å². The van der Waals surface area contributed by atoms with Crippen LogP contribution < -0.4 is 5.84 Å². The van der Waals surface area contributed by atoms with Gasteiger partial charge in [-0.25, -0.2) is 4.68 Å². The van der Waals surface area contributed by atoms with Crippen LogP contribution in [0.3, 0.4) is 0 Å². The van der Waals surface area contributed by atoms with Crippen LogP contribution in [0.5, 0.6) is 0 Å². The Morgan fingerprint density at radius 2 is 2.04 bits per heavy atom. The number of thioether (sulfide) groups is 1. The van der Waals surface area contributed by atoms with Gasteiger partial charge in [-0.2, -0.15) is 0 Å². The van der Waals surface area contributed by atoms with E-state index in [2.05, 4.69) is 15.4 Å². The molecular formula is C17H15N5OS2. The second-order valence-electron chi connectivity index (χ2n) is 5.49. The topological polar surface area (TPSA) is 82.8 Å². The van der Waals surface area contributed by atoms with E-state index in [1.165, 1.54) is 22.0 Å². The minimum Gasteiger partial charge on any atom is -0.355 e. The number of aryl methyl sites for hydroxylation is 1. The van der Waals surface area contributed by atoms with Crippen molar-refractivity contribution in [2.75, 3.05) is 5.84 Å². The Morgan fingerprint density at radius 3 is 2.80 bits per heavy atom. The Morgan fingerprint density at radius 1 is 1.20 bits per heavy atom. The summed E-state index contributed by atoms with van der Waals surface area (Å²) in [4.78, 5) is 1.06. The zero-order valence-electron chi connectivity index (χ0n) is 13.4. The van der Waals surface area contributed by atoms with Gasteiger partial charge >= 0.3 is 0 Å². The number of rotatable bonds is 5. The molecule has 0 spiro atoms. The van der Waals surface area contributed by atoms with Crippen LogP contribution in [0.25, 0.3) is 22.0 Å². The van der Waals surface area contributed by atoms with Crippen molar-refractivity contribution in [3.8, 4) is 22.0 Å². The highest BCUT2D eigenvalue weighted by Crippen LogP contribution is 2.28. The molecule has 0 radical (unpaired) electrons. The summed E-state index contributed by atoms with van der Waals surface area (Å²) >= 11 is 3.10. The number of thiophene rings is 1. The molecule has 3 aromatic heterocycles. The molecule has 0 unspecified atom stereocenters. The number of nitrogen functional groups attached to an aromatic ring is 1. The summed E-state index contributed by atoms with van der Waals surface area (Å²) in [6.07, 6.45) is 0. The van der Waals surface area contributed by atoms with E-state index in [0.29, 0.717) is 16.7 Å². The summed E-state index contributed by atoms with van der Waals surface area (Å²) < 4.78 is 6.90. The maximum absolute atomic E-state index is 6.15. The lowest BCUT2D eigenvalue weighted by atomic mass is 10.1. The van der Waals surface area contributed by atoms with Gasteiger partial charge in [-0.15, -0.1) is 21.5 Å². The van der Waals surface area contributed by atoms with Crippen LogP contribution in [0.4, 0.5) is 0 Å². The second kappa shape index (κ2) is 6.73. The lowest BCUT2D eigenvalue weighted by Gasteiger charge is -2.03. The SMILES string of the molecule is Cc1ccc(-c2nnc(SCc3cc(-c4cccs4)on3)n2N)cc1. The van der Waals surface area contributed by atoms with E-state index in [1.807, 2.05) is 54.8 Å². The predicted molar refractivity (Wildman–Crippen MR) is 99.7 cm³/mol. The zero-order chi connectivity index (χ0) is 17.2. The molecule has 25 heavy (non-hydrogen) atoms. The van der Waals surface area contributed by atoms with Gasteiger partial charge in [-0.3, -0.25) is 0 Å². The fourth-order valence-electron chi connectivity index (χ4n) is 2.33. The highest BCUT2D eigenvalue weighted by atomic mass is 32.2. The van der Waals surface area contributed by atoms with Crippen LogP contribution in [0.1, 0.15) is 11.3 Å². The fraction of sp³-hybridized carbons (Fsp3) is 0.118. The van der Waals surface area contributed by atoms with Crippen LogP contribution in [0, 0.1) is 6.92 Å². The molecule has 126 valence electrons. The first-order chi connectivity index (χ1) is 12.2. The highest BCUT2D eigenvalue weighted by Gasteiger charge is 2.14. The van der Waals surface area contributed by atoms with Gasteiger partial charge in [-0.05, 0) is 18.4 Å². The number of hydrogen-bond donors (Lipinski definition) is 1. The van der Waals surface area contributed by atoms with Gasteiger partial charge in [-0.1, -0.05) is 52.8 Å². The Bertz CT molecular complexity index is 973. The van der Waals surface area contributed by atoms with E-state index in [1.54, 1.807) is 11.3 Å². The van der Waals surface area contributed by atoms with E-state index >= 15 is 0 Å². The quantitative estimate of drug-likeness (QED) is 0.423. The van der Waals surface area contributed by atoms with Crippen molar-refractivity contribution in [3.05, 3.63) is 59.1 Å². The van der Waals surface area contributed by atoms with Crippen molar-refractivity contribution >= 4 is 23.1 Å². The maximum Gasteiger partial charge on any atom is 0.210 e. The lowest BCUT2D eigenvalue weighted by molar-refractivity contribution is 0.427. The van der Waals surface area contributed by atoms with Gasteiger partial charge in [0.1, 0.15) is 0 Å². The standard InChI is InChI=1S/C17H15N5OS2/c1-11-4-6-12(7-5-11)16-19-20-17(22(16)18)25-10-13-9-14(23-21-13)15-3-2-8-24-15/h2-9H,10,18H2,1H3. The third-order valence-corrected chi connectivity index (χ3v) is 5.51. The summed E-state index contributed by atoms with van der Waals surface area (Å²) in [6, 6.07) is 14.0. The van der Waals surface area contributed by atoms with Gasteiger partial charge in [0.15, 0.2) is 11.6 Å².